The zero-order valence-corrected chi connectivity index (χ0v) is 32.9. The number of nitrogens with one attached hydrogen (secondary N) is 1. The van der Waals surface area contributed by atoms with Crippen LogP contribution in [0.15, 0.2) is 64.9 Å². The van der Waals surface area contributed by atoms with Gasteiger partial charge in [0.25, 0.3) is 0 Å². The summed E-state index contributed by atoms with van der Waals surface area (Å²) >= 11 is 12.1. The first kappa shape index (κ1) is 40.4. The Labute approximate surface area is 313 Å². The van der Waals surface area contributed by atoms with Crippen LogP contribution in [0.1, 0.15) is 68.7 Å². The molecule has 0 fully saturated rings. The van der Waals surface area contributed by atoms with Crippen LogP contribution < -0.4 is 9.62 Å². The molecule has 1 aromatic carbocycles. The number of nitrogens with zero attached hydrogens (tertiary/aromatic N) is 5. The Balaban J connectivity index is 1.64. The van der Waals surface area contributed by atoms with Crippen LogP contribution >= 0.6 is 23.2 Å². The van der Waals surface area contributed by atoms with E-state index in [-0.39, 0.29) is 36.3 Å². The van der Waals surface area contributed by atoms with Crippen LogP contribution in [0.3, 0.4) is 0 Å². The molecule has 1 N–H and O–H groups in total. The van der Waals surface area contributed by atoms with Gasteiger partial charge in [0.1, 0.15) is 27.9 Å². The van der Waals surface area contributed by atoms with Gasteiger partial charge in [-0.2, -0.15) is 4.98 Å². The molecule has 1 atom stereocenters. The molecule has 0 saturated carbocycles. The average Bonchev–Trinajstić information content (AvgIpc) is 3.39. The number of hydrogen-bond donors (Lipinski definition) is 1. The van der Waals surface area contributed by atoms with E-state index in [1.54, 1.807) is 97.3 Å². The number of allylic oxidation sites excluding steroid dienone is 3. The molecule has 0 radical (unpaired) electrons. The molecule has 52 heavy (non-hydrogen) atoms. The third-order valence-corrected chi connectivity index (χ3v) is 9.01. The van der Waals surface area contributed by atoms with Gasteiger partial charge in [-0.3, -0.25) is 14.2 Å². The summed E-state index contributed by atoms with van der Waals surface area (Å²) in [6.07, 6.45) is 3.50. The van der Waals surface area contributed by atoms with Gasteiger partial charge < -0.3 is 14.2 Å². The van der Waals surface area contributed by atoms with Crippen molar-refractivity contribution >= 4 is 73.9 Å². The van der Waals surface area contributed by atoms with E-state index in [0.717, 1.165) is 4.90 Å². The molecule has 0 saturated heterocycles. The minimum atomic E-state index is -3.87. The van der Waals surface area contributed by atoms with Gasteiger partial charge in [-0.05, 0) is 105 Å². The maximum absolute atomic E-state index is 13.6. The Bertz CT molecular complexity index is 1980. The Morgan fingerprint density at radius 2 is 1.48 bits per heavy atom. The molecule has 4 rings (SSSR count). The van der Waals surface area contributed by atoms with Crippen molar-refractivity contribution in [3.05, 3.63) is 64.9 Å². The summed E-state index contributed by atoms with van der Waals surface area (Å²) in [5.41, 5.74) is -1.76. The quantitative estimate of drug-likeness (QED) is 0.221. The third kappa shape index (κ3) is 11.1. The maximum atomic E-state index is 13.6. The predicted octanol–water partition coefficient (Wildman–Crippen LogP) is 8.09. The Morgan fingerprint density at radius 3 is 2.06 bits per heavy atom. The van der Waals surface area contributed by atoms with Gasteiger partial charge in [0, 0.05) is 46.5 Å². The third-order valence-electron chi connectivity index (χ3n) is 6.89. The normalized spacial score (nSPS) is 15.3. The summed E-state index contributed by atoms with van der Waals surface area (Å²) in [4.78, 5) is 50.9. The smallest absolute Gasteiger partial charge is 0.419 e. The zero-order chi connectivity index (χ0) is 38.8. The molecule has 1 aliphatic rings. The SMILES string of the molecule is CC(C)(C)OC(=O)N(CCN(C(=O)OC(C)(C)C)c1ccnc(-n2ccc3cc(NS(=O)(=O)C4C=C(Cl)C=C(Cl)C4)ccc32)n1)C(=O)OC(C)(C)C. The van der Waals surface area contributed by atoms with Crippen molar-refractivity contribution in [2.45, 2.75) is 90.8 Å². The number of aromatic nitrogens is 3. The molecule has 2 aromatic heterocycles. The minimum absolute atomic E-state index is 0.0970. The predicted molar refractivity (Wildman–Crippen MR) is 200 cm³/mol. The fraction of sp³-hybridized carbons (Fsp3) is 0.457. The van der Waals surface area contributed by atoms with Crippen LogP contribution in [0.5, 0.6) is 0 Å². The number of sulfonamides is 1. The number of halogens is 2. The molecule has 0 bridgehead atoms. The number of anilines is 2. The monoisotopic (exact) mass is 778 g/mol. The highest BCUT2D eigenvalue weighted by Crippen LogP contribution is 2.30. The second-order valence-electron chi connectivity index (χ2n) is 15.0. The van der Waals surface area contributed by atoms with Crippen LogP contribution in [0.4, 0.5) is 25.9 Å². The molecule has 2 heterocycles. The van der Waals surface area contributed by atoms with Gasteiger partial charge in [-0.1, -0.05) is 23.2 Å². The number of carbonyl (C=O) groups excluding carboxylic acids is 3. The van der Waals surface area contributed by atoms with Gasteiger partial charge in [-0.25, -0.2) is 32.7 Å². The van der Waals surface area contributed by atoms with Crippen molar-refractivity contribution in [3.63, 3.8) is 0 Å². The Morgan fingerprint density at radius 1 is 0.885 bits per heavy atom. The number of amides is 3. The molecule has 17 heteroatoms. The van der Waals surface area contributed by atoms with E-state index in [1.807, 2.05) is 0 Å². The van der Waals surface area contributed by atoms with Gasteiger partial charge in [0.2, 0.25) is 16.0 Å². The van der Waals surface area contributed by atoms with Crippen molar-refractivity contribution in [1.29, 1.82) is 0 Å². The average molecular weight is 780 g/mol. The first-order chi connectivity index (χ1) is 23.9. The lowest BCUT2D eigenvalue weighted by molar-refractivity contribution is 0.00153. The highest BCUT2D eigenvalue weighted by molar-refractivity contribution is 7.93. The van der Waals surface area contributed by atoms with Crippen molar-refractivity contribution in [2.75, 3.05) is 22.7 Å². The lowest BCUT2D eigenvalue weighted by Crippen LogP contribution is -2.48. The molecule has 1 aliphatic carbocycles. The van der Waals surface area contributed by atoms with Gasteiger partial charge in [0.05, 0.1) is 12.1 Å². The highest BCUT2D eigenvalue weighted by Gasteiger charge is 2.34. The molecular weight excluding hydrogens is 735 g/mol. The number of carbonyl (C=O) groups is 3. The second kappa shape index (κ2) is 15.3. The van der Waals surface area contributed by atoms with Crippen LogP contribution in [0.2, 0.25) is 0 Å². The van der Waals surface area contributed by atoms with E-state index in [9.17, 15) is 22.8 Å². The molecule has 0 aliphatic heterocycles. The number of imide groups is 1. The van der Waals surface area contributed by atoms with Crippen molar-refractivity contribution in [3.8, 4) is 5.95 Å². The zero-order valence-electron chi connectivity index (χ0n) is 30.6. The lowest BCUT2D eigenvalue weighted by atomic mass is 10.2. The summed E-state index contributed by atoms with van der Waals surface area (Å²) in [6.45, 7) is 14.5. The molecule has 3 aromatic rings. The number of benzene rings is 1. The first-order valence-electron chi connectivity index (χ1n) is 16.3. The van der Waals surface area contributed by atoms with Crippen LogP contribution in [0.25, 0.3) is 16.9 Å². The first-order valence-corrected chi connectivity index (χ1v) is 18.6. The lowest BCUT2D eigenvalue weighted by Gasteiger charge is -2.31. The van der Waals surface area contributed by atoms with E-state index in [4.69, 9.17) is 37.4 Å². The van der Waals surface area contributed by atoms with Gasteiger partial charge >= 0.3 is 18.3 Å². The van der Waals surface area contributed by atoms with Gasteiger partial charge in [0.15, 0.2) is 0 Å². The van der Waals surface area contributed by atoms with Crippen LogP contribution in [-0.4, -0.2) is 81.3 Å². The fourth-order valence-electron chi connectivity index (χ4n) is 4.82. The molecule has 14 nitrogen and oxygen atoms in total. The molecule has 282 valence electrons. The van der Waals surface area contributed by atoms with Crippen molar-refractivity contribution < 1.29 is 37.0 Å². The topological polar surface area (TPSA) is 162 Å². The second-order valence-corrected chi connectivity index (χ2v) is 17.8. The van der Waals surface area contributed by atoms with E-state index in [0.29, 0.717) is 21.6 Å². The number of fused-ring (bicyclic) bond motifs is 1. The van der Waals surface area contributed by atoms with Crippen LogP contribution in [0, 0.1) is 0 Å². The summed E-state index contributed by atoms with van der Waals surface area (Å²) in [7, 11) is -3.87. The summed E-state index contributed by atoms with van der Waals surface area (Å²) < 4.78 is 47.1. The molecule has 1 unspecified atom stereocenters. The maximum Gasteiger partial charge on any atom is 0.419 e. The van der Waals surface area contributed by atoms with E-state index < -0.39 is 50.4 Å². The molecular formula is C35H44Cl2N6O8S. The van der Waals surface area contributed by atoms with Crippen molar-refractivity contribution in [2.24, 2.45) is 0 Å². The van der Waals surface area contributed by atoms with E-state index in [1.165, 1.54) is 29.3 Å². The van der Waals surface area contributed by atoms with Crippen LogP contribution in [-0.2, 0) is 24.2 Å². The molecule has 0 spiro atoms. The summed E-state index contributed by atoms with van der Waals surface area (Å²) in [5, 5.41) is 0.308. The Hall–Kier alpha value is -4.34. The minimum Gasteiger partial charge on any atom is -0.443 e. The summed E-state index contributed by atoms with van der Waals surface area (Å²) in [5.74, 6) is 0.291. The number of hydrogen-bond acceptors (Lipinski definition) is 10. The number of rotatable bonds is 8. The van der Waals surface area contributed by atoms with Gasteiger partial charge in [-0.15, -0.1) is 0 Å². The standard InChI is InChI=1S/C35H44Cl2N6O8S/c1-33(2,3)49-30(44)42(16-17-43(31(45)50-34(4,5)6)32(46)51-35(7,8)9)28-12-14-38-29(39-28)41-15-13-22-18-25(10-11-27(22)41)40-52(47,48)26-20-23(36)19-24(37)21-26/h10-15,18-20,26,40H,16-17,21H2,1-9H3. The van der Waals surface area contributed by atoms with Crippen molar-refractivity contribution in [1.82, 2.24) is 19.4 Å². The fourth-order valence-corrected chi connectivity index (χ4v) is 6.94. The molecule has 3 amide bonds. The summed E-state index contributed by atoms with van der Waals surface area (Å²) in [6, 6.07) is 8.20. The number of ether oxygens (including phenoxy) is 3. The highest BCUT2D eigenvalue weighted by atomic mass is 35.5. The van der Waals surface area contributed by atoms with E-state index >= 15 is 0 Å². The Kier molecular flexibility index (Phi) is 11.9. The van der Waals surface area contributed by atoms with E-state index in [2.05, 4.69) is 14.7 Å². The largest absolute Gasteiger partial charge is 0.443 e.